The molecule has 1 aliphatic carbocycles. The molecule has 0 unspecified atom stereocenters. The normalized spacial score (nSPS) is 14.4. The molecule has 0 atom stereocenters. The number of aromatic nitrogens is 3. The lowest BCUT2D eigenvalue weighted by molar-refractivity contribution is 0.846. The molecule has 4 nitrogen and oxygen atoms in total. The second kappa shape index (κ2) is 5.34. The summed E-state index contributed by atoms with van der Waals surface area (Å²) in [5.41, 5.74) is 2.50. The van der Waals surface area contributed by atoms with Gasteiger partial charge in [0.15, 0.2) is 0 Å². The predicted octanol–water partition coefficient (Wildman–Crippen LogP) is 2.43. The first-order valence-electron chi connectivity index (χ1n) is 6.75. The van der Waals surface area contributed by atoms with Crippen molar-refractivity contribution in [2.75, 3.05) is 18.5 Å². The molecule has 0 aromatic carbocycles. The molecule has 1 fully saturated rings. The van der Waals surface area contributed by atoms with Crippen LogP contribution in [-0.2, 0) is 6.42 Å². The van der Waals surface area contributed by atoms with Gasteiger partial charge >= 0.3 is 0 Å². The van der Waals surface area contributed by atoms with E-state index in [-0.39, 0.29) is 0 Å². The van der Waals surface area contributed by atoms with Crippen LogP contribution in [0, 0.1) is 0 Å². The van der Waals surface area contributed by atoms with Gasteiger partial charge in [-0.05, 0) is 37.0 Å². The first kappa shape index (κ1) is 12.1. The third kappa shape index (κ3) is 3.08. The molecule has 0 amide bonds. The Bertz CT molecular complexity index is 537. The molecule has 1 aliphatic rings. The summed E-state index contributed by atoms with van der Waals surface area (Å²) in [6.45, 7) is 0.950. The summed E-state index contributed by atoms with van der Waals surface area (Å²) in [5.74, 6) is 1.70. The molecule has 0 aliphatic heterocycles. The van der Waals surface area contributed by atoms with E-state index < -0.39 is 0 Å². The van der Waals surface area contributed by atoms with Crippen LogP contribution in [-0.4, -0.2) is 28.5 Å². The Labute approximate surface area is 113 Å². The van der Waals surface area contributed by atoms with E-state index in [4.69, 9.17) is 0 Å². The molecule has 3 rings (SSSR count). The van der Waals surface area contributed by atoms with Crippen LogP contribution in [0.3, 0.4) is 0 Å². The fraction of sp³-hybridized carbons (Fsp3) is 0.400. The third-order valence-electron chi connectivity index (χ3n) is 3.55. The highest BCUT2D eigenvalue weighted by Gasteiger charge is 2.25. The summed E-state index contributed by atoms with van der Waals surface area (Å²) in [6, 6.07) is 6.25. The fourth-order valence-corrected chi connectivity index (χ4v) is 2.13. The Morgan fingerprint density at radius 3 is 2.74 bits per heavy atom. The Balaban J connectivity index is 1.63. The zero-order chi connectivity index (χ0) is 13.1. The highest BCUT2D eigenvalue weighted by molar-refractivity contribution is 5.39. The van der Waals surface area contributed by atoms with Crippen molar-refractivity contribution in [3.63, 3.8) is 0 Å². The number of rotatable bonds is 5. The summed E-state index contributed by atoms with van der Waals surface area (Å²) >= 11 is 0. The van der Waals surface area contributed by atoms with E-state index >= 15 is 0 Å². The molecule has 2 heterocycles. The Hall–Kier alpha value is -1.97. The first-order chi connectivity index (χ1) is 9.33. The number of hydrogen-bond acceptors (Lipinski definition) is 4. The second-order valence-corrected chi connectivity index (χ2v) is 5.10. The molecule has 0 radical (unpaired) electrons. The van der Waals surface area contributed by atoms with Crippen LogP contribution in [0.2, 0.25) is 0 Å². The smallest absolute Gasteiger partial charge is 0.131 e. The van der Waals surface area contributed by atoms with Gasteiger partial charge in [0, 0.05) is 43.7 Å². The fourth-order valence-electron chi connectivity index (χ4n) is 2.13. The maximum atomic E-state index is 4.36. The topological polar surface area (TPSA) is 41.9 Å². The largest absolute Gasteiger partial charge is 0.359 e. The van der Waals surface area contributed by atoms with Gasteiger partial charge < -0.3 is 4.90 Å². The van der Waals surface area contributed by atoms with E-state index in [0.29, 0.717) is 5.92 Å². The monoisotopic (exact) mass is 254 g/mol. The average molecular weight is 254 g/mol. The minimum absolute atomic E-state index is 0.676. The van der Waals surface area contributed by atoms with Crippen LogP contribution in [0.4, 0.5) is 5.82 Å². The molecule has 0 bridgehead atoms. The first-order valence-corrected chi connectivity index (χ1v) is 6.75. The lowest BCUT2D eigenvalue weighted by Gasteiger charge is -2.18. The van der Waals surface area contributed by atoms with Crippen LogP contribution in [0.25, 0.3) is 0 Å². The average Bonchev–Trinajstić information content (AvgIpc) is 3.31. The van der Waals surface area contributed by atoms with Crippen molar-refractivity contribution in [1.82, 2.24) is 15.0 Å². The van der Waals surface area contributed by atoms with Gasteiger partial charge in [-0.1, -0.05) is 0 Å². The van der Waals surface area contributed by atoms with E-state index in [1.807, 2.05) is 12.4 Å². The Kier molecular flexibility index (Phi) is 3.40. The summed E-state index contributed by atoms with van der Waals surface area (Å²) in [4.78, 5) is 14.9. The van der Waals surface area contributed by atoms with Gasteiger partial charge in [-0.3, -0.25) is 4.98 Å². The summed E-state index contributed by atoms with van der Waals surface area (Å²) in [7, 11) is 2.08. The van der Waals surface area contributed by atoms with Gasteiger partial charge in [0.1, 0.15) is 12.1 Å². The highest BCUT2D eigenvalue weighted by Crippen LogP contribution is 2.39. The lowest BCUT2D eigenvalue weighted by Crippen LogP contribution is -2.21. The molecule has 0 spiro atoms. The predicted molar refractivity (Wildman–Crippen MR) is 75.2 cm³/mol. The number of hydrogen-bond donors (Lipinski definition) is 0. The SMILES string of the molecule is CN(CCc1ccncc1)c1cc(C2CC2)ncn1. The van der Waals surface area contributed by atoms with Gasteiger partial charge in [0.25, 0.3) is 0 Å². The number of pyridine rings is 1. The van der Waals surface area contributed by atoms with Crippen LogP contribution >= 0.6 is 0 Å². The maximum Gasteiger partial charge on any atom is 0.131 e. The van der Waals surface area contributed by atoms with Crippen molar-refractivity contribution in [3.05, 3.63) is 48.2 Å². The van der Waals surface area contributed by atoms with E-state index in [9.17, 15) is 0 Å². The van der Waals surface area contributed by atoms with Gasteiger partial charge in [-0.2, -0.15) is 0 Å². The lowest BCUT2D eigenvalue weighted by atomic mass is 10.2. The molecular weight excluding hydrogens is 236 g/mol. The third-order valence-corrected chi connectivity index (χ3v) is 3.55. The molecule has 19 heavy (non-hydrogen) atoms. The van der Waals surface area contributed by atoms with Gasteiger partial charge in [0.2, 0.25) is 0 Å². The molecule has 1 saturated carbocycles. The van der Waals surface area contributed by atoms with Gasteiger partial charge in [0.05, 0.1) is 0 Å². The van der Waals surface area contributed by atoms with Crippen molar-refractivity contribution in [1.29, 1.82) is 0 Å². The van der Waals surface area contributed by atoms with Gasteiger partial charge in [-0.15, -0.1) is 0 Å². The molecule has 4 heteroatoms. The highest BCUT2D eigenvalue weighted by atomic mass is 15.2. The number of anilines is 1. The standard InChI is InChI=1S/C15H18N4/c1-19(9-6-12-4-7-16-8-5-12)15-10-14(13-2-3-13)17-11-18-15/h4-5,7-8,10-11,13H,2-3,6,9H2,1H3. The minimum atomic E-state index is 0.676. The van der Waals surface area contributed by atoms with Crippen molar-refractivity contribution in [2.24, 2.45) is 0 Å². The van der Waals surface area contributed by atoms with Crippen molar-refractivity contribution in [2.45, 2.75) is 25.2 Å². The van der Waals surface area contributed by atoms with E-state index in [0.717, 1.165) is 18.8 Å². The molecule has 0 saturated heterocycles. The molecule has 0 N–H and O–H groups in total. The summed E-state index contributed by atoms with van der Waals surface area (Å²) < 4.78 is 0. The van der Waals surface area contributed by atoms with E-state index in [1.165, 1.54) is 24.1 Å². The molecule has 2 aromatic rings. The Morgan fingerprint density at radius 2 is 2.00 bits per heavy atom. The number of likely N-dealkylation sites (N-methyl/N-ethyl adjacent to an activating group) is 1. The second-order valence-electron chi connectivity index (χ2n) is 5.10. The van der Waals surface area contributed by atoms with E-state index in [1.54, 1.807) is 6.33 Å². The van der Waals surface area contributed by atoms with Crippen LogP contribution in [0.5, 0.6) is 0 Å². The molecular formula is C15H18N4. The summed E-state index contributed by atoms with van der Waals surface area (Å²) in [6.07, 6.45) is 8.92. The van der Waals surface area contributed by atoms with Crippen molar-refractivity contribution < 1.29 is 0 Å². The zero-order valence-electron chi connectivity index (χ0n) is 11.2. The van der Waals surface area contributed by atoms with Gasteiger partial charge in [-0.25, -0.2) is 9.97 Å². The maximum absolute atomic E-state index is 4.36. The molecule has 2 aromatic heterocycles. The van der Waals surface area contributed by atoms with Crippen LogP contribution in [0.1, 0.15) is 30.0 Å². The van der Waals surface area contributed by atoms with E-state index in [2.05, 4.69) is 45.1 Å². The Morgan fingerprint density at radius 1 is 1.21 bits per heavy atom. The summed E-state index contributed by atoms with van der Waals surface area (Å²) in [5, 5.41) is 0. The number of nitrogens with zero attached hydrogens (tertiary/aromatic N) is 4. The van der Waals surface area contributed by atoms with Crippen LogP contribution < -0.4 is 4.90 Å². The zero-order valence-corrected chi connectivity index (χ0v) is 11.2. The molecule has 98 valence electrons. The van der Waals surface area contributed by atoms with Crippen molar-refractivity contribution in [3.8, 4) is 0 Å². The minimum Gasteiger partial charge on any atom is -0.359 e. The van der Waals surface area contributed by atoms with Crippen molar-refractivity contribution >= 4 is 5.82 Å². The quantitative estimate of drug-likeness (QED) is 0.821. The van der Waals surface area contributed by atoms with Crippen LogP contribution in [0.15, 0.2) is 36.9 Å².